The molecule has 21 heavy (non-hydrogen) atoms. The van der Waals surface area contributed by atoms with Gasteiger partial charge in [-0.15, -0.1) is 0 Å². The van der Waals surface area contributed by atoms with E-state index in [0.29, 0.717) is 13.1 Å². The van der Waals surface area contributed by atoms with Crippen LogP contribution in [0.25, 0.3) is 0 Å². The van der Waals surface area contributed by atoms with E-state index in [2.05, 4.69) is 13.0 Å². The molecule has 1 aromatic rings. The van der Waals surface area contributed by atoms with E-state index < -0.39 is 5.60 Å². The molecule has 0 heterocycles. The van der Waals surface area contributed by atoms with Gasteiger partial charge in [-0.3, -0.25) is 9.69 Å². The zero-order valence-corrected chi connectivity index (χ0v) is 13.7. The smallest absolute Gasteiger partial charge is 0.177 e. The minimum Gasteiger partial charge on any atom is -0.389 e. The summed E-state index contributed by atoms with van der Waals surface area (Å²) in [5.74, 6) is 0.139. The van der Waals surface area contributed by atoms with E-state index in [1.54, 1.807) is 0 Å². The number of carbonyl (C=O) groups is 1. The standard InChI is InChI=1S/C18H27NO2/c1-13-9-15(3)16(10-14(13)2)17(20)11-19(4)12-18(21)7-5-6-8-18/h9-10,21H,5-8,11-12H2,1-4H3. The third-order valence-electron chi connectivity index (χ3n) is 4.65. The molecular formula is C18H27NO2. The second-order valence-corrected chi connectivity index (χ2v) is 6.78. The maximum absolute atomic E-state index is 12.5. The Hall–Kier alpha value is -1.19. The Morgan fingerprint density at radius 3 is 2.33 bits per heavy atom. The maximum atomic E-state index is 12.5. The Morgan fingerprint density at radius 2 is 1.71 bits per heavy atom. The van der Waals surface area contributed by atoms with Crippen LogP contribution in [0.4, 0.5) is 0 Å². The van der Waals surface area contributed by atoms with Gasteiger partial charge in [-0.05, 0) is 63.4 Å². The lowest BCUT2D eigenvalue weighted by Crippen LogP contribution is -2.41. The van der Waals surface area contributed by atoms with Crippen LogP contribution in [0.5, 0.6) is 0 Å². The molecule has 2 rings (SSSR count). The van der Waals surface area contributed by atoms with Gasteiger partial charge < -0.3 is 5.11 Å². The minimum atomic E-state index is -0.590. The minimum absolute atomic E-state index is 0.139. The SMILES string of the molecule is Cc1cc(C)c(C(=O)CN(C)CC2(O)CCCC2)cc1C. The molecule has 0 unspecified atom stereocenters. The highest BCUT2D eigenvalue weighted by Gasteiger charge is 2.32. The van der Waals surface area contributed by atoms with Crippen molar-refractivity contribution in [2.45, 2.75) is 52.1 Å². The summed E-state index contributed by atoms with van der Waals surface area (Å²) < 4.78 is 0. The fraction of sp³-hybridized carbons (Fsp3) is 0.611. The van der Waals surface area contributed by atoms with Crippen LogP contribution in [-0.4, -0.2) is 41.5 Å². The van der Waals surface area contributed by atoms with Crippen molar-refractivity contribution < 1.29 is 9.90 Å². The largest absolute Gasteiger partial charge is 0.389 e. The fourth-order valence-electron chi connectivity index (χ4n) is 3.34. The van der Waals surface area contributed by atoms with Gasteiger partial charge in [-0.2, -0.15) is 0 Å². The predicted octanol–water partition coefficient (Wildman–Crippen LogP) is 3.03. The number of Topliss-reactive ketones (excluding diaryl/α,β-unsaturated/α-hetero) is 1. The van der Waals surface area contributed by atoms with E-state index in [9.17, 15) is 9.90 Å². The number of benzene rings is 1. The number of aryl methyl sites for hydroxylation is 3. The van der Waals surface area contributed by atoms with Crippen molar-refractivity contribution in [1.82, 2.24) is 4.90 Å². The number of carbonyl (C=O) groups excluding carboxylic acids is 1. The molecule has 0 spiro atoms. The second-order valence-electron chi connectivity index (χ2n) is 6.78. The molecule has 0 atom stereocenters. The van der Waals surface area contributed by atoms with E-state index in [0.717, 1.165) is 42.4 Å². The number of nitrogens with zero attached hydrogens (tertiary/aromatic N) is 1. The first kappa shape index (κ1) is 16.2. The number of likely N-dealkylation sites (N-methyl/N-ethyl adjacent to an activating group) is 1. The van der Waals surface area contributed by atoms with Crippen molar-refractivity contribution in [3.05, 3.63) is 34.4 Å². The Morgan fingerprint density at radius 1 is 1.14 bits per heavy atom. The third-order valence-corrected chi connectivity index (χ3v) is 4.65. The van der Waals surface area contributed by atoms with E-state index in [1.807, 2.05) is 31.9 Å². The molecule has 1 fully saturated rings. The lowest BCUT2D eigenvalue weighted by atomic mass is 9.97. The summed E-state index contributed by atoms with van der Waals surface area (Å²) in [6.45, 7) is 7.05. The van der Waals surface area contributed by atoms with Crippen LogP contribution < -0.4 is 0 Å². The van der Waals surface area contributed by atoms with Crippen LogP contribution in [0.1, 0.15) is 52.7 Å². The summed E-state index contributed by atoms with van der Waals surface area (Å²) >= 11 is 0. The summed E-state index contributed by atoms with van der Waals surface area (Å²) in [6.07, 6.45) is 3.89. The number of ketones is 1. The van der Waals surface area contributed by atoms with Gasteiger partial charge in [0.25, 0.3) is 0 Å². The van der Waals surface area contributed by atoms with Crippen molar-refractivity contribution in [3.8, 4) is 0 Å². The highest BCUT2D eigenvalue weighted by Crippen LogP contribution is 2.30. The molecule has 0 radical (unpaired) electrons. The topological polar surface area (TPSA) is 40.5 Å². The van der Waals surface area contributed by atoms with Crippen LogP contribution in [0.3, 0.4) is 0 Å². The van der Waals surface area contributed by atoms with Gasteiger partial charge in [-0.25, -0.2) is 0 Å². The van der Waals surface area contributed by atoms with Gasteiger partial charge in [0, 0.05) is 12.1 Å². The average Bonchev–Trinajstić information content (AvgIpc) is 2.79. The molecule has 116 valence electrons. The van der Waals surface area contributed by atoms with E-state index >= 15 is 0 Å². The third kappa shape index (κ3) is 3.92. The van der Waals surface area contributed by atoms with E-state index in [1.165, 1.54) is 5.56 Å². The summed E-state index contributed by atoms with van der Waals surface area (Å²) in [5, 5.41) is 10.4. The molecule has 1 N–H and O–H groups in total. The Labute approximate surface area is 128 Å². The van der Waals surface area contributed by atoms with Crippen molar-refractivity contribution in [2.75, 3.05) is 20.1 Å². The first-order chi connectivity index (χ1) is 9.81. The van der Waals surface area contributed by atoms with Crippen LogP contribution in [-0.2, 0) is 0 Å². The highest BCUT2D eigenvalue weighted by atomic mass is 16.3. The van der Waals surface area contributed by atoms with Crippen LogP contribution in [0.15, 0.2) is 12.1 Å². The number of hydrogen-bond acceptors (Lipinski definition) is 3. The van der Waals surface area contributed by atoms with Crippen molar-refractivity contribution in [2.24, 2.45) is 0 Å². The molecule has 1 aliphatic carbocycles. The van der Waals surface area contributed by atoms with Gasteiger partial charge in [0.1, 0.15) is 0 Å². The number of rotatable bonds is 5. The van der Waals surface area contributed by atoms with E-state index in [-0.39, 0.29) is 5.78 Å². The zero-order chi connectivity index (χ0) is 15.6. The number of hydrogen-bond donors (Lipinski definition) is 1. The lowest BCUT2D eigenvalue weighted by molar-refractivity contribution is 0.0172. The fourth-order valence-corrected chi connectivity index (χ4v) is 3.34. The predicted molar refractivity (Wildman–Crippen MR) is 85.9 cm³/mol. The summed E-state index contributed by atoms with van der Waals surface area (Å²) in [5.41, 5.74) is 3.63. The van der Waals surface area contributed by atoms with Gasteiger partial charge in [0.05, 0.1) is 12.1 Å². The normalized spacial score (nSPS) is 17.4. The van der Waals surface area contributed by atoms with Gasteiger partial charge in [0.15, 0.2) is 5.78 Å². The first-order valence-electron chi connectivity index (χ1n) is 7.83. The van der Waals surface area contributed by atoms with E-state index in [4.69, 9.17) is 0 Å². The summed E-state index contributed by atoms with van der Waals surface area (Å²) in [4.78, 5) is 14.5. The molecule has 0 bridgehead atoms. The van der Waals surface area contributed by atoms with Gasteiger partial charge in [0.2, 0.25) is 0 Å². The average molecular weight is 289 g/mol. The van der Waals surface area contributed by atoms with Crippen LogP contribution in [0.2, 0.25) is 0 Å². The molecule has 3 heteroatoms. The number of aliphatic hydroxyl groups is 1. The maximum Gasteiger partial charge on any atom is 0.177 e. The quantitative estimate of drug-likeness (QED) is 0.847. The molecule has 0 amide bonds. The second kappa shape index (κ2) is 6.29. The summed E-state index contributed by atoms with van der Waals surface area (Å²) in [7, 11) is 1.92. The molecule has 0 saturated heterocycles. The molecule has 0 aliphatic heterocycles. The van der Waals surface area contributed by atoms with Crippen molar-refractivity contribution in [3.63, 3.8) is 0 Å². The Balaban J connectivity index is 2.02. The molecule has 1 saturated carbocycles. The first-order valence-corrected chi connectivity index (χ1v) is 7.83. The van der Waals surface area contributed by atoms with Crippen LogP contribution in [0, 0.1) is 20.8 Å². The van der Waals surface area contributed by atoms with Gasteiger partial charge >= 0.3 is 0 Å². The summed E-state index contributed by atoms with van der Waals surface area (Å²) in [6, 6.07) is 4.07. The molecule has 0 aromatic heterocycles. The zero-order valence-electron chi connectivity index (χ0n) is 13.7. The van der Waals surface area contributed by atoms with Crippen molar-refractivity contribution >= 4 is 5.78 Å². The van der Waals surface area contributed by atoms with Gasteiger partial charge in [-0.1, -0.05) is 18.9 Å². The highest BCUT2D eigenvalue weighted by molar-refractivity contribution is 5.99. The molecule has 1 aromatic carbocycles. The van der Waals surface area contributed by atoms with Crippen molar-refractivity contribution in [1.29, 1.82) is 0 Å². The Kier molecular flexibility index (Phi) is 4.84. The van der Waals surface area contributed by atoms with Crippen LogP contribution >= 0.6 is 0 Å². The molecule has 1 aliphatic rings. The lowest BCUT2D eigenvalue weighted by Gasteiger charge is -2.28. The molecular weight excluding hydrogens is 262 g/mol. The monoisotopic (exact) mass is 289 g/mol. The Bertz CT molecular complexity index is 530. The molecule has 3 nitrogen and oxygen atoms in total.